The third kappa shape index (κ3) is 5.57. The Morgan fingerprint density at radius 1 is 1.26 bits per heavy atom. The minimum atomic E-state index is -1.59. The SMILES string of the molecule is CO[C@H]1C(=O)N2C(C(=O)O)=C(C(NC(=O)C(NC(=O)c3c[nH]c(C)cc3=O)c3cscn3)OC(C)=O)CS[C@H]12. The molecule has 0 aliphatic carbocycles. The van der Waals surface area contributed by atoms with Gasteiger partial charge in [-0.3, -0.25) is 28.9 Å². The summed E-state index contributed by atoms with van der Waals surface area (Å²) in [5.41, 5.74) is 0.772. The van der Waals surface area contributed by atoms with Crippen LogP contribution in [0.1, 0.15) is 34.7 Å². The number of pyridine rings is 1. The summed E-state index contributed by atoms with van der Waals surface area (Å²) in [6.07, 6.45) is -1.21. The van der Waals surface area contributed by atoms with Crippen LogP contribution < -0.4 is 16.1 Å². The highest BCUT2D eigenvalue weighted by molar-refractivity contribution is 8.00. The van der Waals surface area contributed by atoms with E-state index in [9.17, 15) is 33.9 Å². The van der Waals surface area contributed by atoms with Crippen LogP contribution in [-0.2, 0) is 28.7 Å². The number of thiazole rings is 1. The number of carbonyl (C=O) groups excluding carboxylic acids is 4. The lowest BCUT2D eigenvalue weighted by molar-refractivity contribution is -0.162. The largest absolute Gasteiger partial charge is 0.477 e. The lowest BCUT2D eigenvalue weighted by atomic mass is 10.0. The number of nitrogens with one attached hydrogen (secondary N) is 3. The number of H-pyrrole nitrogens is 1. The zero-order valence-electron chi connectivity index (χ0n) is 20.8. The molecule has 4 atom stereocenters. The predicted octanol–water partition coefficient (Wildman–Crippen LogP) is -0.115. The van der Waals surface area contributed by atoms with Crippen molar-refractivity contribution in [2.75, 3.05) is 12.9 Å². The van der Waals surface area contributed by atoms with Crippen molar-refractivity contribution in [1.82, 2.24) is 25.5 Å². The van der Waals surface area contributed by atoms with Crippen molar-refractivity contribution in [3.63, 3.8) is 0 Å². The van der Waals surface area contributed by atoms with Crippen LogP contribution in [0.4, 0.5) is 0 Å². The normalized spacial score (nSPS) is 19.9. The van der Waals surface area contributed by atoms with Gasteiger partial charge in [0.25, 0.3) is 17.7 Å². The summed E-state index contributed by atoms with van der Waals surface area (Å²) in [5, 5.41) is 15.7. The first kappa shape index (κ1) is 28.0. The Morgan fingerprint density at radius 2 is 2.00 bits per heavy atom. The number of aromatic nitrogens is 2. The summed E-state index contributed by atoms with van der Waals surface area (Å²) in [6, 6.07) is -0.216. The number of hydrogen-bond acceptors (Lipinski definition) is 11. The average molecular weight is 578 g/mol. The molecule has 0 aromatic carbocycles. The third-order valence-electron chi connectivity index (χ3n) is 5.87. The highest BCUT2D eigenvalue weighted by atomic mass is 32.2. The van der Waals surface area contributed by atoms with Crippen molar-refractivity contribution < 1.29 is 38.6 Å². The van der Waals surface area contributed by atoms with Crippen LogP contribution in [0.25, 0.3) is 0 Å². The number of fused-ring (bicyclic) bond motifs is 1. The summed E-state index contributed by atoms with van der Waals surface area (Å²) in [5.74, 6) is -4.68. The fraction of sp³-hybridized carbons (Fsp3) is 0.348. The summed E-state index contributed by atoms with van der Waals surface area (Å²) >= 11 is 2.32. The van der Waals surface area contributed by atoms with Crippen molar-refractivity contribution in [3.05, 3.63) is 61.6 Å². The number of ether oxygens (including phenoxy) is 2. The summed E-state index contributed by atoms with van der Waals surface area (Å²) < 4.78 is 10.4. The first-order valence-corrected chi connectivity index (χ1v) is 13.3. The van der Waals surface area contributed by atoms with Crippen LogP contribution in [0.5, 0.6) is 0 Å². The minimum Gasteiger partial charge on any atom is -0.477 e. The maximum atomic E-state index is 13.5. The Morgan fingerprint density at radius 3 is 2.59 bits per heavy atom. The fourth-order valence-corrected chi connectivity index (χ4v) is 6.04. The standard InChI is InChI=1S/C23H23N5O9S2/c1-9-4-14(30)11(5-24-9)18(31)26-15(13-7-38-8-25-13)19(32)27-20(37-10(2)29)12-6-39-22-17(36-3)21(33)28(22)16(12)23(34)35/h4-5,7-8,15,17,20,22H,6H2,1-3H3,(H,24,30)(H,26,31)(H,27,32)(H,34,35)/t15?,17-,20?,22+/m0/s1. The number of β-lactam (4-membered cyclic amide) rings is 1. The zero-order chi connectivity index (χ0) is 28.4. The second kappa shape index (κ2) is 11.4. The van der Waals surface area contributed by atoms with E-state index in [-0.39, 0.29) is 22.6 Å². The van der Waals surface area contributed by atoms with E-state index in [0.29, 0.717) is 5.69 Å². The van der Waals surface area contributed by atoms with Gasteiger partial charge < -0.3 is 30.2 Å². The molecule has 2 aromatic heterocycles. The first-order valence-electron chi connectivity index (χ1n) is 11.3. The lowest BCUT2D eigenvalue weighted by Crippen LogP contribution is -2.66. The third-order valence-corrected chi connectivity index (χ3v) is 7.75. The minimum absolute atomic E-state index is 0.0133. The quantitative estimate of drug-likeness (QED) is 0.176. The number of carbonyl (C=O) groups is 5. The van der Waals surface area contributed by atoms with Gasteiger partial charge >= 0.3 is 11.9 Å². The molecule has 2 aliphatic heterocycles. The molecule has 0 saturated carbocycles. The van der Waals surface area contributed by atoms with Crippen LogP contribution in [0, 0.1) is 6.92 Å². The molecular weight excluding hydrogens is 554 g/mol. The molecule has 206 valence electrons. The van der Waals surface area contributed by atoms with Crippen LogP contribution >= 0.6 is 23.1 Å². The number of nitrogens with zero attached hydrogens (tertiary/aromatic N) is 2. The van der Waals surface area contributed by atoms with E-state index in [1.807, 2.05) is 0 Å². The summed E-state index contributed by atoms with van der Waals surface area (Å²) in [6.45, 7) is 2.71. The number of aromatic amines is 1. The van der Waals surface area contributed by atoms with Crippen LogP contribution in [0.15, 0.2) is 39.2 Å². The first-order chi connectivity index (χ1) is 18.5. The Labute approximate surface area is 228 Å². The summed E-state index contributed by atoms with van der Waals surface area (Å²) in [7, 11) is 1.33. The number of carboxylic acid groups (broad SMARTS) is 1. The number of methoxy groups -OCH3 is 1. The topological polar surface area (TPSA) is 197 Å². The molecule has 2 aromatic rings. The van der Waals surface area contributed by atoms with E-state index in [1.165, 1.54) is 42.0 Å². The molecule has 2 unspecified atom stereocenters. The smallest absolute Gasteiger partial charge is 0.352 e. The molecule has 16 heteroatoms. The maximum absolute atomic E-state index is 13.5. The van der Waals surface area contributed by atoms with Crippen molar-refractivity contribution in [3.8, 4) is 0 Å². The van der Waals surface area contributed by atoms with E-state index in [1.54, 1.807) is 6.92 Å². The van der Waals surface area contributed by atoms with Gasteiger partial charge in [0, 0.05) is 48.7 Å². The molecule has 39 heavy (non-hydrogen) atoms. The van der Waals surface area contributed by atoms with Crippen molar-refractivity contribution >= 4 is 52.8 Å². The van der Waals surface area contributed by atoms with Crippen molar-refractivity contribution in [2.45, 2.75) is 37.6 Å². The van der Waals surface area contributed by atoms with Gasteiger partial charge in [0.05, 0.1) is 11.2 Å². The Kier molecular flexibility index (Phi) is 8.17. The number of thioether (sulfide) groups is 1. The van der Waals surface area contributed by atoms with Gasteiger partial charge in [-0.2, -0.15) is 0 Å². The fourth-order valence-electron chi connectivity index (χ4n) is 4.06. The Balaban J connectivity index is 1.66. The molecule has 0 spiro atoms. The Hall–Kier alpha value is -4.02. The highest BCUT2D eigenvalue weighted by Gasteiger charge is 2.55. The van der Waals surface area contributed by atoms with E-state index in [0.717, 1.165) is 23.2 Å². The molecule has 14 nitrogen and oxygen atoms in total. The number of carboxylic acids is 1. The maximum Gasteiger partial charge on any atom is 0.352 e. The summed E-state index contributed by atoms with van der Waals surface area (Å²) in [4.78, 5) is 83.2. The molecule has 2 aliphatic rings. The molecule has 0 radical (unpaired) electrons. The lowest BCUT2D eigenvalue weighted by Gasteiger charge is -2.49. The Bertz CT molecular complexity index is 1420. The van der Waals surface area contributed by atoms with Gasteiger partial charge in [0.15, 0.2) is 17.6 Å². The number of hydrogen-bond donors (Lipinski definition) is 4. The van der Waals surface area contributed by atoms with Gasteiger partial charge in [-0.1, -0.05) is 0 Å². The number of aryl methyl sites for hydroxylation is 1. The van der Waals surface area contributed by atoms with E-state index >= 15 is 0 Å². The molecule has 1 saturated heterocycles. The van der Waals surface area contributed by atoms with Gasteiger partial charge in [-0.05, 0) is 6.92 Å². The number of aliphatic carboxylic acids is 1. The average Bonchev–Trinajstić information content (AvgIpc) is 3.40. The van der Waals surface area contributed by atoms with Gasteiger partial charge in [-0.15, -0.1) is 23.1 Å². The zero-order valence-corrected chi connectivity index (χ0v) is 22.4. The number of amides is 3. The van der Waals surface area contributed by atoms with Crippen LogP contribution in [-0.4, -0.2) is 80.2 Å². The monoisotopic (exact) mass is 577 g/mol. The van der Waals surface area contributed by atoms with E-state index in [4.69, 9.17) is 9.47 Å². The molecular formula is C23H23N5O9S2. The highest BCUT2D eigenvalue weighted by Crippen LogP contribution is 2.42. The number of rotatable bonds is 9. The second-order valence-corrected chi connectivity index (χ2v) is 10.3. The molecule has 3 amide bonds. The molecule has 0 bridgehead atoms. The van der Waals surface area contributed by atoms with Gasteiger partial charge in [0.2, 0.25) is 6.23 Å². The molecule has 1 fully saturated rings. The van der Waals surface area contributed by atoms with Gasteiger partial charge in [0.1, 0.15) is 16.6 Å². The van der Waals surface area contributed by atoms with Crippen LogP contribution in [0.3, 0.4) is 0 Å². The van der Waals surface area contributed by atoms with E-state index in [2.05, 4.69) is 20.6 Å². The second-order valence-electron chi connectivity index (χ2n) is 8.46. The van der Waals surface area contributed by atoms with Crippen molar-refractivity contribution in [2.24, 2.45) is 0 Å². The molecule has 4 rings (SSSR count). The van der Waals surface area contributed by atoms with Crippen LogP contribution in [0.2, 0.25) is 0 Å². The predicted molar refractivity (Wildman–Crippen MR) is 136 cm³/mol. The van der Waals surface area contributed by atoms with Crippen molar-refractivity contribution in [1.29, 1.82) is 0 Å². The number of esters is 1. The molecule has 4 N–H and O–H groups in total. The molecule has 4 heterocycles. The van der Waals surface area contributed by atoms with E-state index < -0.39 is 64.5 Å². The van der Waals surface area contributed by atoms with Gasteiger partial charge in [-0.25, -0.2) is 9.78 Å².